The number of nitrogen functional groups attached to an aromatic ring is 1. The van der Waals surface area contributed by atoms with Crippen molar-refractivity contribution in [2.24, 2.45) is 0 Å². The van der Waals surface area contributed by atoms with E-state index in [0.717, 1.165) is 11.3 Å². The standard InChI is InChI=1S/C13H16BrFN4/c1-7-5-8(14)9(15)6-10(7)19-11(13(2,3)4)12(16)17-18-19/h5-6H,16H2,1-4H3. The maximum absolute atomic E-state index is 13.7. The van der Waals surface area contributed by atoms with Gasteiger partial charge in [0.15, 0.2) is 5.82 Å². The summed E-state index contributed by atoms with van der Waals surface area (Å²) in [5.41, 5.74) is 7.97. The van der Waals surface area contributed by atoms with Gasteiger partial charge in [-0.3, -0.25) is 0 Å². The third-order valence-electron chi connectivity index (χ3n) is 2.87. The largest absolute Gasteiger partial charge is 0.381 e. The highest BCUT2D eigenvalue weighted by Gasteiger charge is 2.25. The predicted molar refractivity (Wildman–Crippen MR) is 76.9 cm³/mol. The smallest absolute Gasteiger partial charge is 0.170 e. The third-order valence-corrected chi connectivity index (χ3v) is 3.48. The molecule has 0 atom stereocenters. The van der Waals surface area contributed by atoms with Crippen molar-refractivity contribution in [3.05, 3.63) is 33.7 Å². The molecule has 4 nitrogen and oxygen atoms in total. The second kappa shape index (κ2) is 4.59. The maximum atomic E-state index is 13.7. The fourth-order valence-electron chi connectivity index (χ4n) is 2.03. The summed E-state index contributed by atoms with van der Waals surface area (Å²) in [7, 11) is 0. The number of aryl methyl sites for hydroxylation is 1. The Balaban J connectivity index is 2.70. The summed E-state index contributed by atoms with van der Waals surface area (Å²) >= 11 is 3.17. The lowest BCUT2D eigenvalue weighted by atomic mass is 9.91. The Kier molecular flexibility index (Phi) is 3.38. The third kappa shape index (κ3) is 2.49. The molecule has 102 valence electrons. The van der Waals surface area contributed by atoms with Gasteiger partial charge in [0.1, 0.15) is 5.82 Å². The molecule has 0 saturated carbocycles. The monoisotopic (exact) mass is 326 g/mol. The van der Waals surface area contributed by atoms with Gasteiger partial charge in [0.2, 0.25) is 0 Å². The molecule has 0 fully saturated rings. The molecule has 1 heterocycles. The predicted octanol–water partition coefficient (Wildman–Crippen LogP) is 3.36. The summed E-state index contributed by atoms with van der Waals surface area (Å²) in [5.74, 6) is 0.0322. The molecule has 1 aromatic heterocycles. The Morgan fingerprint density at radius 3 is 2.53 bits per heavy atom. The Labute approximate surface area is 119 Å². The summed E-state index contributed by atoms with van der Waals surface area (Å²) in [6.45, 7) is 7.94. The Morgan fingerprint density at radius 1 is 1.32 bits per heavy atom. The van der Waals surface area contributed by atoms with Crippen molar-refractivity contribution in [1.29, 1.82) is 0 Å². The van der Waals surface area contributed by atoms with Crippen molar-refractivity contribution in [1.82, 2.24) is 15.0 Å². The van der Waals surface area contributed by atoms with E-state index in [4.69, 9.17) is 5.73 Å². The highest BCUT2D eigenvalue weighted by molar-refractivity contribution is 9.10. The lowest BCUT2D eigenvalue weighted by Gasteiger charge is -2.21. The Bertz CT molecular complexity index is 628. The van der Waals surface area contributed by atoms with Crippen molar-refractivity contribution in [3.8, 4) is 5.69 Å². The zero-order valence-electron chi connectivity index (χ0n) is 11.3. The first-order valence-corrected chi connectivity index (χ1v) is 6.69. The summed E-state index contributed by atoms with van der Waals surface area (Å²) < 4.78 is 15.8. The molecule has 0 aliphatic rings. The van der Waals surface area contributed by atoms with Crippen molar-refractivity contribution in [2.75, 3.05) is 5.73 Å². The van der Waals surface area contributed by atoms with Gasteiger partial charge in [-0.2, -0.15) is 0 Å². The van der Waals surface area contributed by atoms with Gasteiger partial charge in [0.05, 0.1) is 15.9 Å². The molecule has 0 amide bonds. The van der Waals surface area contributed by atoms with Crippen LogP contribution in [0.2, 0.25) is 0 Å². The Hall–Kier alpha value is -1.43. The van der Waals surface area contributed by atoms with Gasteiger partial charge in [-0.05, 0) is 34.5 Å². The normalized spacial score (nSPS) is 11.9. The fourth-order valence-corrected chi connectivity index (χ4v) is 2.49. The van der Waals surface area contributed by atoms with Crippen LogP contribution < -0.4 is 5.73 Å². The van der Waals surface area contributed by atoms with Crippen molar-refractivity contribution in [3.63, 3.8) is 0 Å². The van der Waals surface area contributed by atoms with Gasteiger partial charge >= 0.3 is 0 Å². The fraction of sp³-hybridized carbons (Fsp3) is 0.385. The molecule has 0 radical (unpaired) electrons. The topological polar surface area (TPSA) is 56.7 Å². The molecule has 0 aliphatic heterocycles. The first-order valence-electron chi connectivity index (χ1n) is 5.89. The van der Waals surface area contributed by atoms with Crippen LogP contribution in [0.5, 0.6) is 0 Å². The van der Waals surface area contributed by atoms with Crippen LogP contribution >= 0.6 is 15.9 Å². The highest BCUT2D eigenvalue weighted by Crippen LogP contribution is 2.30. The van der Waals surface area contributed by atoms with Crippen molar-refractivity contribution >= 4 is 21.7 Å². The van der Waals surface area contributed by atoms with Crippen LogP contribution in [0, 0.1) is 12.7 Å². The summed E-state index contributed by atoms with van der Waals surface area (Å²) in [4.78, 5) is 0. The SMILES string of the molecule is Cc1cc(Br)c(F)cc1-n1nnc(N)c1C(C)(C)C. The average molecular weight is 327 g/mol. The van der Waals surface area contributed by atoms with Gasteiger partial charge < -0.3 is 5.73 Å². The molecule has 0 bridgehead atoms. The van der Waals surface area contributed by atoms with Crippen LogP contribution in [-0.2, 0) is 5.41 Å². The zero-order valence-corrected chi connectivity index (χ0v) is 12.9. The quantitative estimate of drug-likeness (QED) is 0.874. The average Bonchev–Trinajstić information content (AvgIpc) is 2.65. The number of halogens is 2. The number of rotatable bonds is 1. The van der Waals surface area contributed by atoms with Crippen LogP contribution in [0.15, 0.2) is 16.6 Å². The number of nitrogens with zero attached hydrogens (tertiary/aromatic N) is 3. The first-order chi connectivity index (χ1) is 8.71. The molecule has 0 unspecified atom stereocenters. The van der Waals surface area contributed by atoms with Crippen molar-refractivity contribution in [2.45, 2.75) is 33.1 Å². The molecule has 0 aliphatic carbocycles. The number of aromatic nitrogens is 3. The van der Waals surface area contributed by atoms with Gasteiger partial charge in [-0.1, -0.05) is 26.0 Å². The molecule has 0 saturated heterocycles. The second-order valence-corrected chi connectivity index (χ2v) is 6.39. The Morgan fingerprint density at radius 2 is 1.95 bits per heavy atom. The van der Waals surface area contributed by atoms with Gasteiger partial charge in [0.25, 0.3) is 0 Å². The minimum Gasteiger partial charge on any atom is -0.381 e. The van der Waals surface area contributed by atoms with E-state index in [1.807, 2.05) is 27.7 Å². The summed E-state index contributed by atoms with van der Waals surface area (Å²) in [5, 5.41) is 7.95. The van der Waals surface area contributed by atoms with E-state index in [1.165, 1.54) is 6.07 Å². The summed E-state index contributed by atoms with van der Waals surface area (Å²) in [6, 6.07) is 3.15. The van der Waals surface area contributed by atoms with Crippen LogP contribution in [0.25, 0.3) is 5.69 Å². The van der Waals surface area contributed by atoms with Gasteiger partial charge in [-0.15, -0.1) is 5.10 Å². The number of benzene rings is 1. The molecule has 1 aromatic carbocycles. The van der Waals surface area contributed by atoms with E-state index >= 15 is 0 Å². The van der Waals surface area contributed by atoms with E-state index < -0.39 is 0 Å². The minimum atomic E-state index is -0.338. The van der Waals surface area contributed by atoms with E-state index in [-0.39, 0.29) is 11.2 Å². The molecule has 2 rings (SSSR count). The van der Waals surface area contributed by atoms with Crippen LogP contribution in [0.1, 0.15) is 32.0 Å². The zero-order chi connectivity index (χ0) is 14.4. The molecular weight excluding hydrogens is 311 g/mol. The van der Waals surface area contributed by atoms with E-state index in [2.05, 4.69) is 26.2 Å². The molecule has 19 heavy (non-hydrogen) atoms. The lowest BCUT2D eigenvalue weighted by molar-refractivity contribution is 0.541. The number of anilines is 1. The maximum Gasteiger partial charge on any atom is 0.170 e. The van der Waals surface area contributed by atoms with Crippen molar-refractivity contribution < 1.29 is 4.39 Å². The highest BCUT2D eigenvalue weighted by atomic mass is 79.9. The lowest BCUT2D eigenvalue weighted by Crippen LogP contribution is -2.19. The minimum absolute atomic E-state index is 0.233. The number of hydrogen-bond acceptors (Lipinski definition) is 3. The van der Waals surface area contributed by atoms with Crippen LogP contribution in [-0.4, -0.2) is 15.0 Å². The van der Waals surface area contributed by atoms with Gasteiger partial charge in [0, 0.05) is 11.5 Å². The molecule has 0 spiro atoms. The molecular formula is C13H16BrFN4. The molecule has 2 N–H and O–H groups in total. The summed E-state index contributed by atoms with van der Waals surface area (Å²) in [6.07, 6.45) is 0. The number of nitrogens with two attached hydrogens (primary N) is 1. The molecule has 6 heteroatoms. The first kappa shape index (κ1) is 14.0. The van der Waals surface area contributed by atoms with E-state index in [9.17, 15) is 4.39 Å². The van der Waals surface area contributed by atoms with E-state index in [1.54, 1.807) is 10.7 Å². The van der Waals surface area contributed by atoms with Crippen LogP contribution in [0.3, 0.4) is 0 Å². The van der Waals surface area contributed by atoms with E-state index in [0.29, 0.717) is 16.0 Å². The molecule has 2 aromatic rings. The van der Waals surface area contributed by atoms with Gasteiger partial charge in [-0.25, -0.2) is 9.07 Å². The number of hydrogen-bond donors (Lipinski definition) is 1. The van der Waals surface area contributed by atoms with Crippen LogP contribution in [0.4, 0.5) is 10.2 Å². The second-order valence-electron chi connectivity index (χ2n) is 5.54.